The Hall–Kier alpha value is -1.16. The van der Waals surface area contributed by atoms with E-state index >= 15 is 0 Å². The van der Waals surface area contributed by atoms with Gasteiger partial charge in [-0.05, 0) is 37.0 Å². The van der Waals surface area contributed by atoms with E-state index in [9.17, 15) is 8.78 Å². The topological polar surface area (TPSA) is 35.2 Å². The van der Waals surface area contributed by atoms with E-state index < -0.39 is 6.61 Å². The molecule has 1 aromatic carbocycles. The number of nitrogens with two attached hydrogens (primary N) is 1. The van der Waals surface area contributed by atoms with Gasteiger partial charge in [0.15, 0.2) is 0 Å². The van der Waals surface area contributed by atoms with E-state index in [0.29, 0.717) is 0 Å². The number of benzene rings is 1. The summed E-state index contributed by atoms with van der Waals surface area (Å²) in [5.41, 5.74) is 6.84. The fourth-order valence-corrected chi connectivity index (χ4v) is 1.81. The molecule has 0 saturated heterocycles. The molecule has 0 amide bonds. The van der Waals surface area contributed by atoms with E-state index in [2.05, 4.69) is 4.74 Å². The second-order valence-electron chi connectivity index (χ2n) is 3.91. The van der Waals surface area contributed by atoms with Gasteiger partial charge in [-0.25, -0.2) is 0 Å². The van der Waals surface area contributed by atoms with Crippen molar-refractivity contribution in [2.24, 2.45) is 5.73 Å². The Morgan fingerprint density at radius 3 is 2.20 bits per heavy atom. The quantitative estimate of drug-likeness (QED) is 0.837. The van der Waals surface area contributed by atoms with Crippen molar-refractivity contribution in [1.82, 2.24) is 0 Å². The Labute approximate surface area is 87.0 Å². The minimum absolute atomic E-state index is 0.177. The van der Waals surface area contributed by atoms with Crippen LogP contribution >= 0.6 is 0 Å². The molecular formula is C11H13F2NO. The largest absolute Gasteiger partial charge is 0.435 e. The van der Waals surface area contributed by atoms with Crippen LogP contribution in [0.25, 0.3) is 0 Å². The lowest BCUT2D eigenvalue weighted by atomic mass is 9.73. The first kappa shape index (κ1) is 10.4. The van der Waals surface area contributed by atoms with E-state index in [-0.39, 0.29) is 11.3 Å². The number of rotatable bonds is 3. The van der Waals surface area contributed by atoms with Gasteiger partial charge in [0.05, 0.1) is 0 Å². The normalized spacial score (nSPS) is 18.7. The van der Waals surface area contributed by atoms with Crippen LogP contribution < -0.4 is 10.5 Å². The third-order valence-electron chi connectivity index (χ3n) is 2.90. The molecule has 2 nitrogen and oxygen atoms in total. The highest BCUT2D eigenvalue weighted by Crippen LogP contribution is 2.39. The first-order valence-electron chi connectivity index (χ1n) is 4.94. The van der Waals surface area contributed by atoms with Gasteiger partial charge in [-0.3, -0.25) is 0 Å². The van der Waals surface area contributed by atoms with Crippen LogP contribution in [-0.4, -0.2) is 6.61 Å². The minimum atomic E-state index is -2.77. The Bertz CT molecular complexity index is 333. The molecule has 15 heavy (non-hydrogen) atoms. The molecule has 0 aromatic heterocycles. The van der Waals surface area contributed by atoms with E-state index in [4.69, 9.17) is 5.73 Å². The van der Waals surface area contributed by atoms with Gasteiger partial charge in [0, 0.05) is 5.54 Å². The summed E-state index contributed by atoms with van der Waals surface area (Å²) < 4.78 is 28.0. The van der Waals surface area contributed by atoms with Gasteiger partial charge >= 0.3 is 6.61 Å². The van der Waals surface area contributed by atoms with Crippen molar-refractivity contribution < 1.29 is 13.5 Å². The maximum Gasteiger partial charge on any atom is 0.387 e. The molecule has 1 aromatic rings. The van der Waals surface area contributed by atoms with Crippen LogP contribution in [0.15, 0.2) is 24.3 Å². The molecule has 1 aliphatic carbocycles. The predicted molar refractivity (Wildman–Crippen MR) is 52.8 cm³/mol. The smallest absolute Gasteiger partial charge is 0.387 e. The van der Waals surface area contributed by atoms with E-state index in [1.807, 2.05) is 0 Å². The van der Waals surface area contributed by atoms with Crippen molar-refractivity contribution >= 4 is 0 Å². The van der Waals surface area contributed by atoms with Gasteiger partial charge in [-0.2, -0.15) is 8.78 Å². The molecule has 0 atom stereocenters. The lowest BCUT2D eigenvalue weighted by Gasteiger charge is -2.38. The first-order valence-corrected chi connectivity index (χ1v) is 4.94. The molecule has 0 bridgehead atoms. The van der Waals surface area contributed by atoms with Crippen LogP contribution in [-0.2, 0) is 5.54 Å². The number of hydrogen-bond acceptors (Lipinski definition) is 2. The number of ether oxygens (including phenoxy) is 1. The number of alkyl halides is 2. The van der Waals surface area contributed by atoms with Crippen molar-refractivity contribution in [2.45, 2.75) is 31.4 Å². The maximum absolute atomic E-state index is 11.9. The van der Waals surface area contributed by atoms with Crippen molar-refractivity contribution in [2.75, 3.05) is 0 Å². The predicted octanol–water partition coefficient (Wildman–Crippen LogP) is 2.63. The highest BCUT2D eigenvalue weighted by molar-refractivity contribution is 5.33. The Balaban J connectivity index is 2.10. The highest BCUT2D eigenvalue weighted by Gasteiger charge is 2.34. The van der Waals surface area contributed by atoms with Crippen LogP contribution in [0.5, 0.6) is 5.75 Å². The standard InChI is InChI=1S/C11H13F2NO/c12-10(13)15-9-4-2-8(3-5-9)11(14)6-1-7-11/h2-5,10H,1,6-7,14H2. The average Bonchev–Trinajstić information content (AvgIpc) is 2.14. The summed E-state index contributed by atoms with van der Waals surface area (Å²) in [6.07, 6.45) is 3.05. The fraction of sp³-hybridized carbons (Fsp3) is 0.455. The Morgan fingerprint density at radius 2 is 1.80 bits per heavy atom. The SMILES string of the molecule is NC1(c2ccc(OC(F)F)cc2)CCC1. The fourth-order valence-electron chi connectivity index (χ4n) is 1.81. The van der Waals surface area contributed by atoms with Crippen LogP contribution in [0.2, 0.25) is 0 Å². The monoisotopic (exact) mass is 213 g/mol. The lowest BCUT2D eigenvalue weighted by molar-refractivity contribution is -0.0498. The van der Waals surface area contributed by atoms with Crippen LogP contribution in [0.1, 0.15) is 24.8 Å². The van der Waals surface area contributed by atoms with E-state index in [1.54, 1.807) is 12.1 Å². The molecule has 82 valence electrons. The molecule has 0 heterocycles. The van der Waals surface area contributed by atoms with Crippen LogP contribution in [0.3, 0.4) is 0 Å². The molecule has 1 fully saturated rings. The summed E-state index contributed by atoms with van der Waals surface area (Å²) in [7, 11) is 0. The van der Waals surface area contributed by atoms with Crippen molar-refractivity contribution in [3.8, 4) is 5.75 Å². The first-order chi connectivity index (χ1) is 7.10. The summed E-state index contributed by atoms with van der Waals surface area (Å²) in [5, 5.41) is 0. The van der Waals surface area contributed by atoms with Gasteiger partial charge in [-0.1, -0.05) is 12.1 Å². The van der Waals surface area contributed by atoms with Crippen LogP contribution in [0, 0.1) is 0 Å². The van der Waals surface area contributed by atoms with Gasteiger partial charge in [0.25, 0.3) is 0 Å². The molecule has 0 aliphatic heterocycles. The van der Waals surface area contributed by atoms with E-state index in [0.717, 1.165) is 24.8 Å². The maximum atomic E-state index is 11.9. The third kappa shape index (κ3) is 2.09. The summed E-state index contributed by atoms with van der Waals surface area (Å²) in [4.78, 5) is 0. The lowest BCUT2D eigenvalue weighted by Crippen LogP contribution is -2.43. The molecule has 0 spiro atoms. The van der Waals surface area contributed by atoms with E-state index in [1.165, 1.54) is 12.1 Å². The van der Waals surface area contributed by atoms with Gasteiger partial charge in [-0.15, -0.1) is 0 Å². The number of hydrogen-bond donors (Lipinski definition) is 1. The molecule has 0 unspecified atom stereocenters. The van der Waals surface area contributed by atoms with Crippen molar-refractivity contribution in [3.05, 3.63) is 29.8 Å². The second kappa shape index (κ2) is 3.77. The summed E-state index contributed by atoms with van der Waals surface area (Å²) in [6.45, 7) is -2.77. The zero-order valence-corrected chi connectivity index (χ0v) is 8.25. The van der Waals surface area contributed by atoms with Crippen molar-refractivity contribution in [3.63, 3.8) is 0 Å². The molecule has 2 rings (SSSR count). The zero-order valence-electron chi connectivity index (χ0n) is 8.25. The summed E-state index contributed by atoms with van der Waals surface area (Å²) in [5.74, 6) is 0.177. The molecule has 2 N–H and O–H groups in total. The van der Waals surface area contributed by atoms with Gasteiger partial charge < -0.3 is 10.5 Å². The highest BCUT2D eigenvalue weighted by atomic mass is 19.3. The molecule has 1 aliphatic rings. The number of halogens is 2. The Kier molecular flexibility index (Phi) is 2.61. The Morgan fingerprint density at radius 1 is 1.20 bits per heavy atom. The van der Waals surface area contributed by atoms with Crippen LogP contribution in [0.4, 0.5) is 8.78 Å². The molecule has 1 saturated carbocycles. The summed E-state index contributed by atoms with van der Waals surface area (Å²) >= 11 is 0. The van der Waals surface area contributed by atoms with Gasteiger partial charge in [0.1, 0.15) is 5.75 Å². The average molecular weight is 213 g/mol. The minimum Gasteiger partial charge on any atom is -0.435 e. The van der Waals surface area contributed by atoms with Crippen molar-refractivity contribution in [1.29, 1.82) is 0 Å². The zero-order chi connectivity index (χ0) is 10.9. The molecule has 4 heteroatoms. The third-order valence-corrected chi connectivity index (χ3v) is 2.90. The summed E-state index contributed by atoms with van der Waals surface area (Å²) in [6, 6.07) is 6.59. The molecular weight excluding hydrogens is 200 g/mol. The second-order valence-corrected chi connectivity index (χ2v) is 3.91. The molecule has 0 radical (unpaired) electrons. The van der Waals surface area contributed by atoms with Gasteiger partial charge in [0.2, 0.25) is 0 Å².